The van der Waals surface area contributed by atoms with Crippen LogP contribution in [-0.2, 0) is 16.6 Å². The van der Waals surface area contributed by atoms with Crippen molar-refractivity contribution < 1.29 is 22.4 Å². The minimum Gasteiger partial charge on any atom is -0.495 e. The van der Waals surface area contributed by atoms with E-state index in [1.807, 2.05) is 0 Å². The van der Waals surface area contributed by atoms with Crippen LogP contribution in [0, 0.1) is 0 Å². The number of sulfonamides is 1. The summed E-state index contributed by atoms with van der Waals surface area (Å²) in [5.41, 5.74) is 0.353. The van der Waals surface area contributed by atoms with E-state index in [2.05, 4.69) is 10.0 Å². The molecule has 2 aromatic carbocycles. The molecule has 29 heavy (non-hydrogen) atoms. The van der Waals surface area contributed by atoms with Gasteiger partial charge >= 0.3 is 0 Å². The molecule has 2 N–H and O–H groups in total. The number of carbonyl (C=O) groups is 1. The summed E-state index contributed by atoms with van der Waals surface area (Å²) in [4.78, 5) is 12.5. The van der Waals surface area contributed by atoms with Gasteiger partial charge in [-0.3, -0.25) is 4.79 Å². The number of halogens is 2. The Morgan fingerprint density at radius 1 is 1.14 bits per heavy atom. The largest absolute Gasteiger partial charge is 0.495 e. The number of ether oxygens (including phenoxy) is 1. The van der Waals surface area contributed by atoms with Gasteiger partial charge in [0.25, 0.3) is 5.91 Å². The first kappa shape index (κ1) is 21.2. The first-order valence-electron chi connectivity index (χ1n) is 8.26. The van der Waals surface area contributed by atoms with E-state index in [1.54, 1.807) is 12.1 Å². The molecule has 0 spiro atoms. The van der Waals surface area contributed by atoms with Crippen LogP contribution in [-0.4, -0.2) is 21.4 Å². The summed E-state index contributed by atoms with van der Waals surface area (Å²) >= 11 is 11.9. The Labute approximate surface area is 177 Å². The van der Waals surface area contributed by atoms with Crippen molar-refractivity contribution in [2.75, 3.05) is 12.4 Å². The van der Waals surface area contributed by atoms with Gasteiger partial charge in [0.1, 0.15) is 11.5 Å². The molecule has 0 radical (unpaired) electrons. The fourth-order valence-electron chi connectivity index (χ4n) is 2.48. The Kier molecular flexibility index (Phi) is 6.49. The number of anilines is 1. The first-order valence-corrected chi connectivity index (χ1v) is 10.5. The summed E-state index contributed by atoms with van der Waals surface area (Å²) in [6.07, 6.45) is 1.45. The van der Waals surface area contributed by atoms with Gasteiger partial charge in [-0.1, -0.05) is 23.2 Å². The van der Waals surface area contributed by atoms with Crippen molar-refractivity contribution in [3.05, 3.63) is 76.2 Å². The molecule has 0 saturated carbocycles. The molecule has 3 aromatic rings. The Bertz CT molecular complexity index is 1130. The van der Waals surface area contributed by atoms with Crippen LogP contribution in [0.4, 0.5) is 5.69 Å². The number of benzene rings is 2. The molecular formula is C19H16Cl2N2O5S. The second-order valence-electron chi connectivity index (χ2n) is 5.84. The fraction of sp³-hybridized carbons (Fsp3) is 0.105. The van der Waals surface area contributed by atoms with E-state index < -0.39 is 15.9 Å². The van der Waals surface area contributed by atoms with Crippen LogP contribution in [0.15, 0.2) is 64.1 Å². The maximum atomic E-state index is 12.6. The van der Waals surface area contributed by atoms with Crippen LogP contribution in [0.2, 0.25) is 10.0 Å². The topological polar surface area (TPSA) is 97.6 Å². The van der Waals surface area contributed by atoms with Crippen molar-refractivity contribution in [2.24, 2.45) is 0 Å². The zero-order valence-electron chi connectivity index (χ0n) is 15.1. The summed E-state index contributed by atoms with van der Waals surface area (Å²) in [6, 6.07) is 11.9. The molecule has 152 valence electrons. The van der Waals surface area contributed by atoms with Crippen molar-refractivity contribution in [3.63, 3.8) is 0 Å². The highest BCUT2D eigenvalue weighted by atomic mass is 35.5. The third-order valence-electron chi connectivity index (χ3n) is 3.92. The number of rotatable bonds is 7. The number of hydrogen-bond acceptors (Lipinski definition) is 5. The van der Waals surface area contributed by atoms with Gasteiger partial charge in [-0.15, -0.1) is 0 Å². The lowest BCUT2D eigenvalue weighted by Crippen LogP contribution is -2.23. The van der Waals surface area contributed by atoms with E-state index in [1.165, 1.54) is 49.8 Å². The lowest BCUT2D eigenvalue weighted by atomic mass is 10.2. The Morgan fingerprint density at radius 3 is 2.59 bits per heavy atom. The first-order chi connectivity index (χ1) is 13.8. The normalized spacial score (nSPS) is 11.3. The number of nitrogens with one attached hydrogen (secondary N) is 2. The highest BCUT2D eigenvalue weighted by Crippen LogP contribution is 2.29. The van der Waals surface area contributed by atoms with E-state index in [0.29, 0.717) is 10.8 Å². The van der Waals surface area contributed by atoms with E-state index in [9.17, 15) is 13.2 Å². The zero-order chi connectivity index (χ0) is 21.0. The monoisotopic (exact) mass is 454 g/mol. The van der Waals surface area contributed by atoms with Gasteiger partial charge in [0.05, 0.1) is 41.1 Å². The quantitative estimate of drug-likeness (QED) is 0.553. The zero-order valence-corrected chi connectivity index (χ0v) is 17.4. The summed E-state index contributed by atoms with van der Waals surface area (Å²) in [7, 11) is -2.45. The number of hydrogen-bond donors (Lipinski definition) is 2. The molecule has 0 atom stereocenters. The molecule has 3 rings (SSSR count). The predicted molar refractivity (Wildman–Crippen MR) is 110 cm³/mol. The minimum atomic E-state index is -3.86. The van der Waals surface area contributed by atoms with Gasteiger partial charge in [-0.2, -0.15) is 0 Å². The SMILES string of the molecule is COc1ccc(S(=O)(=O)NCc2ccco2)cc1NC(=O)c1ccc(Cl)cc1Cl. The predicted octanol–water partition coefficient (Wildman–Crippen LogP) is 4.33. The Hall–Kier alpha value is -2.52. The Morgan fingerprint density at radius 2 is 1.93 bits per heavy atom. The van der Waals surface area contributed by atoms with Crippen molar-refractivity contribution in [1.82, 2.24) is 4.72 Å². The second kappa shape index (κ2) is 8.87. The molecule has 0 aliphatic heterocycles. The molecule has 1 aromatic heterocycles. The number of methoxy groups -OCH3 is 1. The van der Waals surface area contributed by atoms with Gasteiger partial charge in [0.15, 0.2) is 0 Å². The van der Waals surface area contributed by atoms with Crippen LogP contribution in [0.1, 0.15) is 16.1 Å². The molecule has 10 heteroatoms. The molecule has 7 nitrogen and oxygen atoms in total. The third kappa shape index (κ3) is 5.10. The van der Waals surface area contributed by atoms with Crippen LogP contribution in [0.3, 0.4) is 0 Å². The molecule has 1 heterocycles. The van der Waals surface area contributed by atoms with Crippen molar-refractivity contribution in [3.8, 4) is 5.75 Å². The van der Waals surface area contributed by atoms with E-state index in [0.717, 1.165) is 0 Å². The van der Waals surface area contributed by atoms with Gasteiger partial charge in [-0.05, 0) is 48.5 Å². The van der Waals surface area contributed by atoms with Crippen LogP contribution >= 0.6 is 23.2 Å². The fourth-order valence-corrected chi connectivity index (χ4v) is 3.99. The van der Waals surface area contributed by atoms with E-state index >= 15 is 0 Å². The number of furan rings is 1. The smallest absolute Gasteiger partial charge is 0.257 e. The molecule has 0 aliphatic rings. The van der Waals surface area contributed by atoms with E-state index in [4.69, 9.17) is 32.4 Å². The van der Waals surface area contributed by atoms with Crippen LogP contribution in [0.5, 0.6) is 5.75 Å². The maximum absolute atomic E-state index is 12.6. The highest BCUT2D eigenvalue weighted by Gasteiger charge is 2.19. The Balaban J connectivity index is 1.85. The van der Waals surface area contributed by atoms with Gasteiger partial charge in [0.2, 0.25) is 10.0 Å². The van der Waals surface area contributed by atoms with Gasteiger partial charge in [-0.25, -0.2) is 13.1 Å². The molecule has 0 bridgehead atoms. The highest BCUT2D eigenvalue weighted by molar-refractivity contribution is 7.89. The summed E-state index contributed by atoms with van der Waals surface area (Å²) < 4.78 is 37.9. The summed E-state index contributed by atoms with van der Waals surface area (Å²) in [5.74, 6) is 0.212. The average molecular weight is 455 g/mol. The molecule has 0 unspecified atom stereocenters. The van der Waals surface area contributed by atoms with Crippen molar-refractivity contribution in [2.45, 2.75) is 11.4 Å². The molecule has 0 saturated heterocycles. The maximum Gasteiger partial charge on any atom is 0.257 e. The van der Waals surface area contributed by atoms with Crippen molar-refractivity contribution >= 4 is 44.8 Å². The minimum absolute atomic E-state index is 0.0105. The van der Waals surface area contributed by atoms with Crippen LogP contribution in [0.25, 0.3) is 0 Å². The number of carbonyl (C=O) groups excluding carboxylic acids is 1. The lowest BCUT2D eigenvalue weighted by Gasteiger charge is -2.13. The standard InChI is InChI=1S/C19H16Cl2N2O5S/c1-27-18-7-5-14(29(25,26)22-11-13-3-2-8-28-13)10-17(18)23-19(24)15-6-4-12(20)9-16(15)21/h2-10,22H,11H2,1H3,(H,23,24). The summed E-state index contributed by atoms with van der Waals surface area (Å²) in [6.45, 7) is -0.0105. The molecule has 1 amide bonds. The van der Waals surface area contributed by atoms with Crippen LogP contribution < -0.4 is 14.8 Å². The van der Waals surface area contributed by atoms with Gasteiger partial charge < -0.3 is 14.5 Å². The van der Waals surface area contributed by atoms with E-state index in [-0.39, 0.29) is 33.5 Å². The van der Waals surface area contributed by atoms with Crippen molar-refractivity contribution in [1.29, 1.82) is 0 Å². The third-order valence-corrected chi connectivity index (χ3v) is 5.87. The van der Waals surface area contributed by atoms with Gasteiger partial charge in [0, 0.05) is 5.02 Å². The lowest BCUT2D eigenvalue weighted by molar-refractivity contribution is 0.102. The molecular weight excluding hydrogens is 439 g/mol. The molecule has 0 fully saturated rings. The average Bonchev–Trinajstić information content (AvgIpc) is 3.20. The second-order valence-corrected chi connectivity index (χ2v) is 8.45. The summed E-state index contributed by atoms with van der Waals surface area (Å²) in [5, 5.41) is 3.17. The molecule has 0 aliphatic carbocycles. The number of amides is 1.